The van der Waals surface area contributed by atoms with Crippen molar-refractivity contribution >= 4 is 51.7 Å². The summed E-state index contributed by atoms with van der Waals surface area (Å²) in [6.07, 6.45) is 3.85. The zero-order valence-electron chi connectivity index (χ0n) is 18.3. The molecule has 0 aliphatic carbocycles. The van der Waals surface area contributed by atoms with Crippen LogP contribution < -0.4 is 10.9 Å². The lowest BCUT2D eigenvalue weighted by molar-refractivity contribution is -0.122. The van der Waals surface area contributed by atoms with E-state index in [1.807, 2.05) is 50.2 Å². The second-order valence-electron chi connectivity index (χ2n) is 7.75. The standard InChI is InChI=1S/C24H24N4O3S2/c1-3-17(14-29)25-20-18(22(30)27-11-7-8-15(2)21(27)26-20)12-19-23(31)28(24(32)33-19)13-16-9-5-4-6-10-16/h4-12,17,25,29H,3,13-14H2,1-2H3/b19-12-/t17-/m1/s1. The van der Waals surface area contributed by atoms with Gasteiger partial charge in [-0.3, -0.25) is 18.9 Å². The number of thioether (sulfide) groups is 1. The molecule has 1 aliphatic rings. The molecule has 1 amide bonds. The number of pyridine rings is 1. The number of aliphatic hydroxyl groups is 1. The maximum Gasteiger partial charge on any atom is 0.267 e. The fourth-order valence-electron chi connectivity index (χ4n) is 3.56. The summed E-state index contributed by atoms with van der Waals surface area (Å²) in [4.78, 5) is 33.1. The number of nitrogens with one attached hydrogen (secondary N) is 1. The van der Waals surface area contributed by atoms with Gasteiger partial charge in [0.15, 0.2) is 0 Å². The van der Waals surface area contributed by atoms with Crippen LogP contribution in [-0.2, 0) is 11.3 Å². The lowest BCUT2D eigenvalue weighted by Crippen LogP contribution is -2.28. The van der Waals surface area contributed by atoms with Gasteiger partial charge >= 0.3 is 0 Å². The predicted octanol–water partition coefficient (Wildman–Crippen LogP) is 3.59. The van der Waals surface area contributed by atoms with Crippen LogP contribution in [0, 0.1) is 6.92 Å². The van der Waals surface area contributed by atoms with E-state index in [0.717, 1.165) is 11.1 Å². The lowest BCUT2D eigenvalue weighted by Gasteiger charge is -2.17. The van der Waals surface area contributed by atoms with E-state index >= 15 is 0 Å². The molecule has 1 atom stereocenters. The molecule has 170 valence electrons. The maximum atomic E-state index is 13.4. The van der Waals surface area contributed by atoms with Crippen LogP contribution in [0.1, 0.15) is 30.0 Å². The molecule has 2 aromatic heterocycles. The number of aliphatic hydroxyl groups excluding tert-OH is 1. The Morgan fingerprint density at radius 2 is 1.97 bits per heavy atom. The summed E-state index contributed by atoms with van der Waals surface area (Å²) < 4.78 is 1.91. The van der Waals surface area contributed by atoms with E-state index in [4.69, 9.17) is 12.2 Å². The number of thiocarbonyl (C=S) groups is 1. The highest BCUT2D eigenvalue weighted by Crippen LogP contribution is 2.34. The topological polar surface area (TPSA) is 86.9 Å². The Bertz CT molecular complexity index is 1300. The Balaban J connectivity index is 1.78. The van der Waals surface area contributed by atoms with Crippen molar-refractivity contribution in [3.63, 3.8) is 0 Å². The number of anilines is 1. The highest BCUT2D eigenvalue weighted by molar-refractivity contribution is 8.26. The van der Waals surface area contributed by atoms with Gasteiger partial charge in [-0.1, -0.05) is 67.3 Å². The summed E-state index contributed by atoms with van der Waals surface area (Å²) in [7, 11) is 0. The van der Waals surface area contributed by atoms with Gasteiger partial charge in [-0.15, -0.1) is 0 Å². The monoisotopic (exact) mass is 480 g/mol. The number of carbonyl (C=O) groups excluding carboxylic acids is 1. The average molecular weight is 481 g/mol. The zero-order valence-corrected chi connectivity index (χ0v) is 19.9. The molecule has 33 heavy (non-hydrogen) atoms. The smallest absolute Gasteiger partial charge is 0.267 e. The Morgan fingerprint density at radius 1 is 1.21 bits per heavy atom. The van der Waals surface area contributed by atoms with Gasteiger partial charge in [-0.25, -0.2) is 4.98 Å². The molecule has 4 rings (SSSR count). The molecule has 2 N–H and O–H groups in total. The second kappa shape index (κ2) is 9.86. The van der Waals surface area contributed by atoms with Crippen LogP contribution in [0.2, 0.25) is 0 Å². The number of aryl methyl sites for hydroxylation is 1. The van der Waals surface area contributed by atoms with Crippen molar-refractivity contribution in [1.29, 1.82) is 0 Å². The van der Waals surface area contributed by atoms with Crippen LogP contribution in [0.3, 0.4) is 0 Å². The summed E-state index contributed by atoms with van der Waals surface area (Å²) >= 11 is 6.62. The van der Waals surface area contributed by atoms with E-state index in [-0.39, 0.29) is 29.7 Å². The summed E-state index contributed by atoms with van der Waals surface area (Å²) in [5.41, 5.74) is 2.29. The molecule has 0 saturated carbocycles. The molecule has 1 fully saturated rings. The number of amides is 1. The molecule has 1 aliphatic heterocycles. The molecule has 1 saturated heterocycles. The van der Waals surface area contributed by atoms with Crippen molar-refractivity contribution < 1.29 is 9.90 Å². The largest absolute Gasteiger partial charge is 0.394 e. The minimum Gasteiger partial charge on any atom is -0.394 e. The molecule has 0 unspecified atom stereocenters. The van der Waals surface area contributed by atoms with Crippen molar-refractivity contribution in [3.8, 4) is 0 Å². The van der Waals surface area contributed by atoms with Gasteiger partial charge < -0.3 is 10.4 Å². The van der Waals surface area contributed by atoms with E-state index < -0.39 is 0 Å². The second-order valence-corrected chi connectivity index (χ2v) is 9.43. The number of hydrogen-bond acceptors (Lipinski definition) is 7. The molecule has 3 aromatic rings. The third kappa shape index (κ3) is 4.71. The Kier molecular flexibility index (Phi) is 6.92. The average Bonchev–Trinajstić information content (AvgIpc) is 3.08. The van der Waals surface area contributed by atoms with Crippen LogP contribution in [0.4, 0.5) is 5.82 Å². The van der Waals surface area contributed by atoms with Crippen LogP contribution in [0.15, 0.2) is 58.4 Å². The van der Waals surface area contributed by atoms with Gasteiger partial charge in [0.2, 0.25) is 0 Å². The summed E-state index contributed by atoms with van der Waals surface area (Å²) in [6.45, 7) is 4.07. The highest BCUT2D eigenvalue weighted by atomic mass is 32.2. The normalized spacial score (nSPS) is 16.1. The minimum atomic E-state index is -0.299. The third-order valence-corrected chi connectivity index (χ3v) is 6.85. The van der Waals surface area contributed by atoms with Gasteiger partial charge in [0, 0.05) is 6.20 Å². The lowest BCUT2D eigenvalue weighted by atomic mass is 10.2. The van der Waals surface area contributed by atoms with Crippen molar-refractivity contribution in [2.24, 2.45) is 0 Å². The SMILES string of the molecule is CC[C@H](CO)Nc1nc2c(C)cccn2c(=O)c1/C=C1\SC(=S)N(Cc2ccccc2)C1=O. The predicted molar refractivity (Wildman–Crippen MR) is 136 cm³/mol. The van der Waals surface area contributed by atoms with Crippen LogP contribution in [-0.4, -0.2) is 42.3 Å². The first-order valence-electron chi connectivity index (χ1n) is 10.6. The molecule has 0 radical (unpaired) electrons. The van der Waals surface area contributed by atoms with Gasteiger partial charge in [0.1, 0.15) is 15.8 Å². The zero-order chi connectivity index (χ0) is 23.5. The highest BCUT2D eigenvalue weighted by Gasteiger charge is 2.32. The first-order chi connectivity index (χ1) is 15.9. The van der Waals surface area contributed by atoms with Gasteiger partial charge in [-0.05, 0) is 36.6 Å². The Hall–Kier alpha value is -3.01. The first kappa shape index (κ1) is 23.2. The van der Waals surface area contributed by atoms with Crippen LogP contribution in [0.25, 0.3) is 11.7 Å². The molecule has 7 nitrogen and oxygen atoms in total. The number of fused-ring (bicyclic) bond motifs is 1. The number of carbonyl (C=O) groups is 1. The third-order valence-electron chi connectivity index (χ3n) is 5.47. The minimum absolute atomic E-state index is 0.107. The summed E-state index contributed by atoms with van der Waals surface area (Å²) in [5.74, 6) is 0.0891. The summed E-state index contributed by atoms with van der Waals surface area (Å²) in [5, 5.41) is 12.9. The number of nitrogens with zero attached hydrogens (tertiary/aromatic N) is 3. The molecule has 0 spiro atoms. The maximum absolute atomic E-state index is 13.4. The van der Waals surface area contributed by atoms with Crippen molar-refractivity contribution in [2.75, 3.05) is 11.9 Å². The van der Waals surface area contributed by atoms with Gasteiger partial charge in [-0.2, -0.15) is 0 Å². The molecule has 0 bridgehead atoms. The number of aromatic nitrogens is 2. The molecule has 3 heterocycles. The van der Waals surface area contributed by atoms with Crippen LogP contribution >= 0.6 is 24.0 Å². The van der Waals surface area contributed by atoms with Crippen molar-refractivity contribution in [3.05, 3.63) is 80.6 Å². The molecular formula is C24H24N4O3S2. The number of rotatable bonds is 7. The number of benzene rings is 1. The fourth-order valence-corrected chi connectivity index (χ4v) is 4.79. The first-order valence-corrected chi connectivity index (χ1v) is 11.8. The van der Waals surface area contributed by atoms with E-state index in [9.17, 15) is 14.7 Å². The molecular weight excluding hydrogens is 456 g/mol. The fraction of sp³-hybridized carbons (Fsp3) is 0.250. The van der Waals surface area contributed by atoms with E-state index in [2.05, 4.69) is 10.3 Å². The van der Waals surface area contributed by atoms with Crippen molar-refractivity contribution in [2.45, 2.75) is 32.9 Å². The molecule has 9 heteroatoms. The van der Waals surface area contributed by atoms with Crippen LogP contribution in [0.5, 0.6) is 0 Å². The van der Waals surface area contributed by atoms with E-state index in [0.29, 0.717) is 33.7 Å². The van der Waals surface area contributed by atoms with Gasteiger partial charge in [0.05, 0.1) is 29.7 Å². The van der Waals surface area contributed by atoms with Gasteiger partial charge in [0.25, 0.3) is 11.5 Å². The number of hydrogen-bond donors (Lipinski definition) is 2. The molecule has 1 aromatic carbocycles. The van der Waals surface area contributed by atoms with E-state index in [1.54, 1.807) is 18.3 Å². The quantitative estimate of drug-likeness (QED) is 0.395. The van der Waals surface area contributed by atoms with E-state index in [1.165, 1.54) is 21.1 Å². The Morgan fingerprint density at radius 3 is 2.67 bits per heavy atom. The Labute approximate surface area is 201 Å². The van der Waals surface area contributed by atoms with Crippen molar-refractivity contribution in [1.82, 2.24) is 14.3 Å². The summed E-state index contributed by atoms with van der Waals surface area (Å²) in [6, 6.07) is 13.0.